The predicted octanol–water partition coefficient (Wildman–Crippen LogP) is 0.425. The molecule has 5 atom stereocenters. The van der Waals surface area contributed by atoms with Gasteiger partial charge in [-0.15, -0.1) is 0 Å². The van der Waals surface area contributed by atoms with Crippen LogP contribution in [0.25, 0.3) is 0 Å². The summed E-state index contributed by atoms with van der Waals surface area (Å²) in [6.07, 6.45) is 5.13. The highest BCUT2D eigenvalue weighted by atomic mass is 32.2. The summed E-state index contributed by atoms with van der Waals surface area (Å²) in [5.74, 6) is -1.46. The van der Waals surface area contributed by atoms with E-state index in [0.29, 0.717) is 17.9 Å². The Morgan fingerprint density at radius 1 is 0.867 bits per heavy atom. The molecule has 0 fully saturated rings. The molecule has 0 radical (unpaired) electrons. The number of carboxylic acids is 1. The first-order chi connectivity index (χ1) is 14.1. The molecule has 0 aliphatic heterocycles. The van der Waals surface area contributed by atoms with Gasteiger partial charge in [-0.3, -0.25) is 14.4 Å². The fourth-order valence-corrected chi connectivity index (χ4v) is 3.40. The van der Waals surface area contributed by atoms with Crippen LogP contribution in [0.15, 0.2) is 0 Å². The maximum absolute atomic E-state index is 12.7. The number of carbonyl (C=O) groups excluding carboxylic acids is 3. The van der Waals surface area contributed by atoms with E-state index in [4.69, 9.17) is 5.73 Å². The lowest BCUT2D eigenvalue weighted by molar-refractivity contribution is -0.142. The second-order valence-corrected chi connectivity index (χ2v) is 9.14. The molecule has 11 heteroatoms. The third kappa shape index (κ3) is 10.5. The molecule has 0 aliphatic carbocycles. The predicted molar refractivity (Wildman–Crippen MR) is 123 cm³/mol. The summed E-state index contributed by atoms with van der Waals surface area (Å²) >= 11 is 3.01. The van der Waals surface area contributed by atoms with Gasteiger partial charge in [-0.2, -0.15) is 23.5 Å². The first kappa shape index (κ1) is 28.5. The van der Waals surface area contributed by atoms with E-state index in [2.05, 4.69) is 16.0 Å². The number of rotatable bonds is 15. The molecule has 0 saturated carbocycles. The van der Waals surface area contributed by atoms with Crippen molar-refractivity contribution in [1.29, 1.82) is 0 Å². The Bertz CT molecular complexity index is 579. The molecule has 0 aromatic heterocycles. The van der Waals surface area contributed by atoms with Gasteiger partial charge >= 0.3 is 5.97 Å². The van der Waals surface area contributed by atoms with E-state index in [1.807, 2.05) is 26.4 Å². The van der Waals surface area contributed by atoms with Crippen LogP contribution in [0.2, 0.25) is 0 Å². The minimum atomic E-state index is -1.12. The molecule has 0 aromatic carbocycles. The van der Waals surface area contributed by atoms with E-state index in [9.17, 15) is 24.3 Å². The summed E-state index contributed by atoms with van der Waals surface area (Å²) < 4.78 is 0. The van der Waals surface area contributed by atoms with Crippen LogP contribution in [0, 0.1) is 5.92 Å². The third-order valence-corrected chi connectivity index (χ3v) is 6.07. The fourth-order valence-electron chi connectivity index (χ4n) is 2.45. The van der Waals surface area contributed by atoms with Crippen molar-refractivity contribution < 1.29 is 24.3 Å². The van der Waals surface area contributed by atoms with E-state index in [0.717, 1.165) is 6.42 Å². The maximum Gasteiger partial charge on any atom is 0.326 e. The molecule has 6 N–H and O–H groups in total. The van der Waals surface area contributed by atoms with Crippen LogP contribution in [0.1, 0.15) is 40.0 Å². The number of carbonyl (C=O) groups is 4. The smallest absolute Gasteiger partial charge is 0.326 e. The van der Waals surface area contributed by atoms with Gasteiger partial charge in [0.25, 0.3) is 0 Å². The number of carboxylic acid groups (broad SMARTS) is 1. The van der Waals surface area contributed by atoms with E-state index in [-0.39, 0.29) is 12.3 Å². The molecule has 5 unspecified atom stereocenters. The summed E-state index contributed by atoms with van der Waals surface area (Å²) in [5.41, 5.74) is 5.95. The molecule has 0 aliphatic rings. The Hall–Kier alpha value is -1.46. The summed E-state index contributed by atoms with van der Waals surface area (Å²) in [4.78, 5) is 48.7. The fraction of sp³-hybridized carbons (Fsp3) is 0.789. The number of aliphatic carboxylic acids is 1. The SMILES string of the molecule is CCC(C)C(N)C(=O)NC(CCSC)C(=O)NC(C)C(=O)NC(CCSC)C(=O)O. The van der Waals surface area contributed by atoms with Crippen LogP contribution in [-0.2, 0) is 19.2 Å². The van der Waals surface area contributed by atoms with Crippen molar-refractivity contribution in [3.63, 3.8) is 0 Å². The molecule has 0 heterocycles. The molecule has 0 saturated heterocycles. The summed E-state index contributed by atoms with van der Waals surface area (Å²) in [7, 11) is 0. The summed E-state index contributed by atoms with van der Waals surface area (Å²) in [6, 6.07) is -3.54. The molecular formula is C19H36N4O5S2. The lowest BCUT2D eigenvalue weighted by atomic mass is 9.99. The Morgan fingerprint density at radius 2 is 1.37 bits per heavy atom. The van der Waals surface area contributed by atoms with E-state index >= 15 is 0 Å². The Labute approximate surface area is 187 Å². The average molecular weight is 465 g/mol. The van der Waals surface area contributed by atoms with Crippen molar-refractivity contribution in [3.05, 3.63) is 0 Å². The Kier molecular flexibility index (Phi) is 14.6. The number of nitrogens with one attached hydrogen (secondary N) is 3. The molecule has 30 heavy (non-hydrogen) atoms. The highest BCUT2D eigenvalue weighted by Gasteiger charge is 2.29. The zero-order valence-corrected chi connectivity index (χ0v) is 20.0. The summed E-state index contributed by atoms with van der Waals surface area (Å²) in [6.45, 7) is 5.27. The van der Waals surface area contributed by atoms with Gasteiger partial charge in [0.15, 0.2) is 0 Å². The van der Waals surface area contributed by atoms with Gasteiger partial charge in [0.2, 0.25) is 17.7 Å². The molecule has 9 nitrogen and oxygen atoms in total. The first-order valence-corrected chi connectivity index (χ1v) is 12.7. The van der Waals surface area contributed by atoms with Gasteiger partial charge in [-0.05, 0) is 49.7 Å². The minimum Gasteiger partial charge on any atom is -0.480 e. The van der Waals surface area contributed by atoms with Crippen LogP contribution in [-0.4, -0.2) is 77.0 Å². The van der Waals surface area contributed by atoms with Gasteiger partial charge in [-0.25, -0.2) is 4.79 Å². The normalized spacial score (nSPS) is 15.9. The van der Waals surface area contributed by atoms with Crippen LogP contribution >= 0.6 is 23.5 Å². The van der Waals surface area contributed by atoms with Gasteiger partial charge in [-0.1, -0.05) is 20.3 Å². The molecule has 0 spiro atoms. The van der Waals surface area contributed by atoms with Gasteiger partial charge in [0.05, 0.1) is 6.04 Å². The van der Waals surface area contributed by atoms with Crippen molar-refractivity contribution in [3.8, 4) is 0 Å². The third-order valence-electron chi connectivity index (χ3n) is 4.78. The molecular weight excluding hydrogens is 428 g/mol. The topological polar surface area (TPSA) is 151 Å². The Balaban J connectivity index is 5.01. The second-order valence-electron chi connectivity index (χ2n) is 7.17. The largest absolute Gasteiger partial charge is 0.480 e. The lowest BCUT2D eigenvalue weighted by Crippen LogP contribution is -2.57. The standard InChI is InChI=1S/C19H36N4O5S2/c1-6-11(2)15(20)18(26)22-13(7-9-29-4)17(25)21-12(3)16(24)23-14(19(27)28)8-10-30-5/h11-15H,6-10,20H2,1-5H3,(H,21,25)(H,22,26)(H,23,24)(H,27,28). The molecule has 3 amide bonds. The number of amides is 3. The summed E-state index contributed by atoms with van der Waals surface area (Å²) in [5, 5.41) is 16.9. The molecule has 0 aromatic rings. The van der Waals surface area contributed by atoms with Gasteiger partial charge < -0.3 is 26.8 Å². The number of hydrogen-bond donors (Lipinski definition) is 5. The minimum absolute atomic E-state index is 0.0341. The van der Waals surface area contributed by atoms with Gasteiger partial charge in [0.1, 0.15) is 18.1 Å². The van der Waals surface area contributed by atoms with Crippen LogP contribution < -0.4 is 21.7 Å². The quantitative estimate of drug-likeness (QED) is 0.234. The van der Waals surface area contributed by atoms with Crippen molar-refractivity contribution in [2.24, 2.45) is 11.7 Å². The highest BCUT2D eigenvalue weighted by molar-refractivity contribution is 7.98. The van der Waals surface area contributed by atoms with Crippen LogP contribution in [0.5, 0.6) is 0 Å². The van der Waals surface area contributed by atoms with E-state index in [1.165, 1.54) is 30.4 Å². The Morgan fingerprint density at radius 3 is 1.83 bits per heavy atom. The molecule has 0 rings (SSSR count). The zero-order chi connectivity index (χ0) is 23.3. The van der Waals surface area contributed by atoms with E-state index < -0.39 is 47.9 Å². The highest BCUT2D eigenvalue weighted by Crippen LogP contribution is 2.08. The number of nitrogens with two attached hydrogens (primary N) is 1. The van der Waals surface area contributed by atoms with E-state index in [1.54, 1.807) is 0 Å². The monoisotopic (exact) mass is 464 g/mol. The maximum atomic E-state index is 12.7. The van der Waals surface area contributed by atoms with Crippen molar-refractivity contribution in [1.82, 2.24) is 16.0 Å². The molecule has 174 valence electrons. The van der Waals surface area contributed by atoms with Crippen LogP contribution in [0.4, 0.5) is 0 Å². The van der Waals surface area contributed by atoms with Crippen molar-refractivity contribution >= 4 is 47.2 Å². The van der Waals surface area contributed by atoms with Gasteiger partial charge in [0, 0.05) is 0 Å². The first-order valence-electron chi connectivity index (χ1n) is 9.96. The van der Waals surface area contributed by atoms with Crippen LogP contribution in [0.3, 0.4) is 0 Å². The second kappa shape index (κ2) is 15.4. The lowest BCUT2D eigenvalue weighted by Gasteiger charge is -2.24. The number of thioether (sulfide) groups is 2. The number of hydrogen-bond acceptors (Lipinski definition) is 7. The molecule has 0 bridgehead atoms. The van der Waals surface area contributed by atoms with Crippen molar-refractivity contribution in [2.45, 2.75) is 64.2 Å². The zero-order valence-electron chi connectivity index (χ0n) is 18.4. The average Bonchev–Trinajstić information content (AvgIpc) is 2.71. The van der Waals surface area contributed by atoms with Crippen molar-refractivity contribution in [2.75, 3.05) is 24.0 Å².